The third kappa shape index (κ3) is 1.89. The van der Waals surface area contributed by atoms with Crippen molar-refractivity contribution < 1.29 is 14.7 Å². The summed E-state index contributed by atoms with van der Waals surface area (Å²) in [6.45, 7) is 1.31. The van der Waals surface area contributed by atoms with Crippen molar-refractivity contribution >= 4 is 28.2 Å². The monoisotopic (exact) mass is 253 g/mol. The molecule has 0 aromatic carbocycles. The minimum Gasteiger partial charge on any atom is -0.480 e. The number of rotatable bonds is 4. The van der Waals surface area contributed by atoms with Crippen LogP contribution in [0.1, 0.15) is 12.6 Å². The molecule has 2 aromatic heterocycles. The summed E-state index contributed by atoms with van der Waals surface area (Å²) in [6.07, 6.45) is 3.51. The van der Waals surface area contributed by atoms with E-state index in [2.05, 4.69) is 4.98 Å². The number of hydrogen-bond donors (Lipinski definition) is 2. The zero-order valence-electron chi connectivity index (χ0n) is 9.08. The van der Waals surface area contributed by atoms with Crippen LogP contribution in [0, 0.1) is 5.41 Å². The van der Waals surface area contributed by atoms with Gasteiger partial charge in [0.05, 0.1) is 5.69 Å². The fourth-order valence-corrected chi connectivity index (χ4v) is 2.21. The Labute approximate surface area is 101 Å². The number of carbonyl (C=O) groups is 2. The van der Waals surface area contributed by atoms with Crippen LogP contribution < -0.4 is 5.73 Å². The molecule has 0 aliphatic rings. The molecule has 2 heterocycles. The van der Waals surface area contributed by atoms with Gasteiger partial charge in [0.25, 0.3) is 0 Å². The average Bonchev–Trinajstić information content (AvgIpc) is 2.76. The van der Waals surface area contributed by atoms with Crippen LogP contribution >= 0.6 is 11.3 Å². The highest BCUT2D eigenvalue weighted by atomic mass is 32.1. The Morgan fingerprint density at radius 2 is 2.35 bits per heavy atom. The molecule has 1 unspecified atom stereocenters. The Bertz CT molecular complexity index is 544. The summed E-state index contributed by atoms with van der Waals surface area (Å²) in [5.41, 5.74) is 4.06. The van der Waals surface area contributed by atoms with Crippen LogP contribution in [0.25, 0.3) is 4.96 Å². The lowest BCUT2D eigenvalue weighted by molar-refractivity contribution is -0.153. The molecule has 0 aliphatic carbocycles. The van der Waals surface area contributed by atoms with E-state index in [4.69, 9.17) is 10.8 Å². The number of nitrogens with zero attached hydrogens (tertiary/aromatic N) is 2. The molecule has 0 saturated heterocycles. The molecule has 3 N–H and O–H groups in total. The van der Waals surface area contributed by atoms with Gasteiger partial charge in [-0.1, -0.05) is 0 Å². The predicted octanol–water partition coefficient (Wildman–Crippen LogP) is 0.514. The zero-order chi connectivity index (χ0) is 12.6. The van der Waals surface area contributed by atoms with Crippen LogP contribution in [0.15, 0.2) is 17.8 Å². The van der Waals surface area contributed by atoms with E-state index in [-0.39, 0.29) is 6.42 Å². The van der Waals surface area contributed by atoms with Gasteiger partial charge in [0.2, 0.25) is 5.91 Å². The Kier molecular flexibility index (Phi) is 2.62. The van der Waals surface area contributed by atoms with E-state index < -0.39 is 17.3 Å². The normalized spacial score (nSPS) is 14.6. The fourth-order valence-electron chi connectivity index (χ4n) is 1.49. The lowest BCUT2D eigenvalue weighted by atomic mass is 9.85. The molecule has 0 fully saturated rings. The minimum absolute atomic E-state index is 0.00787. The van der Waals surface area contributed by atoms with Gasteiger partial charge in [0.1, 0.15) is 5.41 Å². The molecule has 0 spiro atoms. The van der Waals surface area contributed by atoms with Crippen LogP contribution in [0.3, 0.4) is 0 Å². The maximum atomic E-state index is 11.2. The number of fused-ring (bicyclic) bond motifs is 1. The van der Waals surface area contributed by atoms with Crippen LogP contribution in [-0.2, 0) is 16.0 Å². The summed E-state index contributed by atoms with van der Waals surface area (Å²) in [5.74, 6) is -2.09. The first-order valence-corrected chi connectivity index (χ1v) is 5.76. The van der Waals surface area contributed by atoms with E-state index in [0.717, 1.165) is 4.96 Å². The van der Waals surface area contributed by atoms with E-state index in [0.29, 0.717) is 5.69 Å². The third-order valence-electron chi connectivity index (χ3n) is 2.69. The number of imidazole rings is 1. The highest BCUT2D eigenvalue weighted by Gasteiger charge is 2.40. The number of thiazole rings is 1. The minimum atomic E-state index is -1.62. The van der Waals surface area contributed by atoms with E-state index >= 15 is 0 Å². The lowest BCUT2D eigenvalue weighted by Gasteiger charge is -2.19. The zero-order valence-corrected chi connectivity index (χ0v) is 9.90. The van der Waals surface area contributed by atoms with Crippen LogP contribution in [0.4, 0.5) is 0 Å². The van der Waals surface area contributed by atoms with Gasteiger partial charge in [-0.15, -0.1) is 11.3 Å². The topological polar surface area (TPSA) is 97.7 Å². The molecule has 0 saturated carbocycles. The predicted molar refractivity (Wildman–Crippen MR) is 61.7 cm³/mol. The molecule has 0 bridgehead atoms. The van der Waals surface area contributed by atoms with Crippen molar-refractivity contribution in [2.75, 3.05) is 0 Å². The summed E-state index contributed by atoms with van der Waals surface area (Å²) >= 11 is 1.44. The number of carbonyl (C=O) groups excluding carboxylic acids is 1. The second kappa shape index (κ2) is 3.85. The Balaban J connectivity index is 2.33. The highest BCUT2D eigenvalue weighted by molar-refractivity contribution is 7.15. The Hall–Kier alpha value is -1.89. The number of primary amides is 1. The van der Waals surface area contributed by atoms with Gasteiger partial charge < -0.3 is 10.8 Å². The molecule has 2 aromatic rings. The molecule has 1 atom stereocenters. The fraction of sp³-hybridized carbons (Fsp3) is 0.300. The maximum Gasteiger partial charge on any atom is 0.319 e. The number of nitrogens with two attached hydrogens (primary N) is 1. The number of aliphatic carboxylic acids is 1. The first-order valence-electron chi connectivity index (χ1n) is 4.88. The van der Waals surface area contributed by atoms with Crippen LogP contribution in [0.2, 0.25) is 0 Å². The molecule has 2 rings (SSSR count). The standard InChI is InChI=1S/C10H11N3O3S/c1-10(7(11)14,8(15)16)4-6-5-13-2-3-17-9(13)12-6/h2-3,5H,4H2,1H3,(H2,11,14)(H,15,16). The largest absolute Gasteiger partial charge is 0.480 e. The van der Waals surface area contributed by atoms with Crippen molar-refractivity contribution in [3.8, 4) is 0 Å². The molecule has 90 valence electrons. The van der Waals surface area contributed by atoms with Gasteiger partial charge in [-0.2, -0.15) is 0 Å². The highest BCUT2D eigenvalue weighted by Crippen LogP contribution is 2.23. The van der Waals surface area contributed by atoms with Crippen molar-refractivity contribution in [1.29, 1.82) is 0 Å². The Morgan fingerprint density at radius 3 is 2.88 bits per heavy atom. The summed E-state index contributed by atoms with van der Waals surface area (Å²) in [5, 5.41) is 10.9. The second-order valence-corrected chi connectivity index (χ2v) is 4.88. The van der Waals surface area contributed by atoms with Crippen molar-refractivity contribution in [3.05, 3.63) is 23.5 Å². The first-order chi connectivity index (χ1) is 7.93. The van der Waals surface area contributed by atoms with Crippen LogP contribution in [-0.4, -0.2) is 26.4 Å². The summed E-state index contributed by atoms with van der Waals surface area (Å²) in [4.78, 5) is 27.3. The molecule has 0 aliphatic heterocycles. The van der Waals surface area contributed by atoms with Gasteiger partial charge in [-0.3, -0.25) is 14.0 Å². The quantitative estimate of drug-likeness (QED) is 0.776. The van der Waals surface area contributed by atoms with Crippen molar-refractivity contribution in [3.63, 3.8) is 0 Å². The van der Waals surface area contributed by atoms with Crippen molar-refractivity contribution in [2.45, 2.75) is 13.3 Å². The van der Waals surface area contributed by atoms with E-state index in [1.165, 1.54) is 18.3 Å². The van der Waals surface area contributed by atoms with Crippen LogP contribution in [0.5, 0.6) is 0 Å². The summed E-state index contributed by atoms with van der Waals surface area (Å²) < 4.78 is 1.78. The van der Waals surface area contributed by atoms with Gasteiger partial charge in [0.15, 0.2) is 4.96 Å². The molecule has 0 radical (unpaired) electrons. The number of carboxylic acids is 1. The first kappa shape index (κ1) is 11.6. The Morgan fingerprint density at radius 1 is 1.65 bits per heavy atom. The number of hydrogen-bond acceptors (Lipinski definition) is 4. The molecular formula is C10H11N3O3S. The molecule has 1 amide bonds. The molecule has 6 nitrogen and oxygen atoms in total. The smallest absolute Gasteiger partial charge is 0.319 e. The van der Waals surface area contributed by atoms with E-state index in [1.54, 1.807) is 10.6 Å². The number of aromatic nitrogens is 2. The maximum absolute atomic E-state index is 11.2. The summed E-state index contributed by atoms with van der Waals surface area (Å²) in [7, 11) is 0. The third-order valence-corrected chi connectivity index (χ3v) is 3.46. The molecule has 17 heavy (non-hydrogen) atoms. The number of carboxylic acid groups (broad SMARTS) is 1. The van der Waals surface area contributed by atoms with Gasteiger partial charge in [0, 0.05) is 24.2 Å². The second-order valence-electron chi connectivity index (χ2n) is 4.00. The SMILES string of the molecule is CC(Cc1cn2ccsc2n1)(C(N)=O)C(=O)O. The lowest BCUT2D eigenvalue weighted by Crippen LogP contribution is -2.43. The summed E-state index contributed by atoms with van der Waals surface area (Å²) in [6, 6.07) is 0. The molecule has 7 heteroatoms. The van der Waals surface area contributed by atoms with E-state index in [1.807, 2.05) is 11.6 Å². The molecular weight excluding hydrogens is 242 g/mol. The van der Waals surface area contributed by atoms with Crippen molar-refractivity contribution in [2.24, 2.45) is 11.1 Å². The number of amides is 1. The average molecular weight is 253 g/mol. The van der Waals surface area contributed by atoms with E-state index in [9.17, 15) is 9.59 Å². The van der Waals surface area contributed by atoms with Gasteiger partial charge >= 0.3 is 5.97 Å². The van der Waals surface area contributed by atoms with Crippen molar-refractivity contribution in [1.82, 2.24) is 9.38 Å². The van der Waals surface area contributed by atoms with Gasteiger partial charge in [-0.25, -0.2) is 4.98 Å². The van der Waals surface area contributed by atoms with Gasteiger partial charge in [-0.05, 0) is 6.92 Å².